The quantitative estimate of drug-likeness (QED) is 0.571. The van der Waals surface area contributed by atoms with E-state index in [4.69, 9.17) is 4.74 Å². The smallest absolute Gasteiger partial charge is 0.312 e. The van der Waals surface area contributed by atoms with Gasteiger partial charge in [0.15, 0.2) is 0 Å². The highest BCUT2D eigenvalue weighted by Gasteiger charge is 2.55. The minimum atomic E-state index is -0.0473. The van der Waals surface area contributed by atoms with Crippen LogP contribution < -0.4 is 0 Å². The second kappa shape index (κ2) is 3.66. The third-order valence-electron chi connectivity index (χ3n) is 5.27. The summed E-state index contributed by atoms with van der Waals surface area (Å²) in [4.78, 5) is 12.4. The molecule has 1 heterocycles. The molecule has 4 saturated carbocycles. The Morgan fingerprint density at radius 1 is 1.12 bits per heavy atom. The van der Waals surface area contributed by atoms with Crippen LogP contribution in [0.4, 0.5) is 0 Å². The van der Waals surface area contributed by atoms with Crippen LogP contribution in [0.15, 0.2) is 0 Å². The second-order valence-corrected chi connectivity index (χ2v) is 8.09. The summed E-state index contributed by atoms with van der Waals surface area (Å²) in [5.41, 5.74) is -0.0473. The molecule has 0 radical (unpaired) electrons. The van der Waals surface area contributed by atoms with Crippen LogP contribution in [-0.2, 0) is 9.53 Å². The van der Waals surface area contributed by atoms with Crippen LogP contribution in [0.3, 0.4) is 0 Å². The maximum Gasteiger partial charge on any atom is 0.312 e. The van der Waals surface area contributed by atoms with Gasteiger partial charge in [-0.15, -0.1) is 0 Å². The molecule has 1 saturated heterocycles. The fourth-order valence-corrected chi connectivity index (χ4v) is 5.24. The minimum Gasteiger partial charge on any atom is -0.464 e. The summed E-state index contributed by atoms with van der Waals surface area (Å²) in [6.07, 6.45) is 7.59. The number of carbonyl (C=O) groups is 1. The molecule has 2 nitrogen and oxygen atoms in total. The highest BCUT2D eigenvalue weighted by molar-refractivity contribution is 8.06. The van der Waals surface area contributed by atoms with Gasteiger partial charge < -0.3 is 4.74 Å². The van der Waals surface area contributed by atoms with E-state index >= 15 is 0 Å². The summed E-state index contributed by atoms with van der Waals surface area (Å²) < 4.78 is 5.59. The van der Waals surface area contributed by atoms with E-state index in [1.807, 2.05) is 11.8 Å². The Bertz CT molecular complexity index is 313. The largest absolute Gasteiger partial charge is 0.464 e. The van der Waals surface area contributed by atoms with E-state index in [1.54, 1.807) is 0 Å². The van der Waals surface area contributed by atoms with Gasteiger partial charge in [0.25, 0.3) is 0 Å². The number of hydrogen-bond donors (Lipinski definition) is 0. The number of hydrogen-bond acceptors (Lipinski definition) is 3. The van der Waals surface area contributed by atoms with Gasteiger partial charge in [0.05, 0.1) is 5.41 Å². The molecule has 3 heteroatoms. The van der Waals surface area contributed by atoms with Gasteiger partial charge in [-0.3, -0.25) is 4.79 Å². The fourth-order valence-electron chi connectivity index (χ4n) is 4.85. The Morgan fingerprint density at radius 2 is 1.65 bits per heavy atom. The standard InChI is InChI=1S/C14H20O2S/c15-13(16-7-12-8-17-12)14-4-9-1-10(5-14)3-11(2-9)6-14/h9-12H,1-8H2. The average molecular weight is 252 g/mol. The molecule has 5 fully saturated rings. The van der Waals surface area contributed by atoms with E-state index in [0.29, 0.717) is 11.9 Å². The summed E-state index contributed by atoms with van der Waals surface area (Å²) >= 11 is 1.91. The first-order valence-corrected chi connectivity index (χ1v) is 8.07. The first kappa shape index (κ1) is 10.7. The highest BCUT2D eigenvalue weighted by atomic mass is 32.2. The zero-order valence-corrected chi connectivity index (χ0v) is 11.0. The molecule has 4 bridgehead atoms. The van der Waals surface area contributed by atoms with E-state index in [9.17, 15) is 4.79 Å². The Balaban J connectivity index is 1.49. The Morgan fingerprint density at radius 3 is 2.12 bits per heavy atom. The fraction of sp³-hybridized carbons (Fsp3) is 0.929. The number of esters is 1. The van der Waals surface area contributed by atoms with Gasteiger partial charge in [-0.05, 0) is 56.3 Å². The summed E-state index contributed by atoms with van der Waals surface area (Å²) in [5.74, 6) is 3.86. The number of rotatable bonds is 3. The molecule has 0 aromatic rings. The van der Waals surface area contributed by atoms with Crippen molar-refractivity contribution < 1.29 is 9.53 Å². The van der Waals surface area contributed by atoms with Crippen molar-refractivity contribution in [3.8, 4) is 0 Å². The van der Waals surface area contributed by atoms with Crippen molar-refractivity contribution >= 4 is 17.7 Å². The molecule has 0 spiro atoms. The van der Waals surface area contributed by atoms with Crippen molar-refractivity contribution in [2.75, 3.05) is 12.4 Å². The lowest BCUT2D eigenvalue weighted by molar-refractivity contribution is -0.171. The second-order valence-electron chi connectivity index (χ2n) is 6.75. The van der Waals surface area contributed by atoms with E-state index < -0.39 is 0 Å². The normalized spacial score (nSPS) is 50.4. The highest BCUT2D eigenvalue weighted by Crippen LogP contribution is 2.60. The number of thioether (sulfide) groups is 1. The van der Waals surface area contributed by atoms with E-state index in [0.717, 1.165) is 37.0 Å². The van der Waals surface area contributed by atoms with Crippen molar-refractivity contribution in [3.05, 3.63) is 0 Å². The predicted octanol–water partition coefficient (Wildman–Crippen LogP) is 2.86. The topological polar surface area (TPSA) is 26.3 Å². The first-order chi connectivity index (χ1) is 8.23. The summed E-state index contributed by atoms with van der Waals surface area (Å²) in [7, 11) is 0. The van der Waals surface area contributed by atoms with Crippen LogP contribution in [0.2, 0.25) is 0 Å². The number of carbonyl (C=O) groups excluding carboxylic acids is 1. The molecule has 1 aliphatic heterocycles. The lowest BCUT2D eigenvalue weighted by atomic mass is 9.49. The molecule has 94 valence electrons. The van der Waals surface area contributed by atoms with E-state index in [1.165, 1.54) is 25.0 Å². The molecule has 1 atom stereocenters. The van der Waals surface area contributed by atoms with Crippen molar-refractivity contribution in [2.24, 2.45) is 23.2 Å². The van der Waals surface area contributed by atoms with Gasteiger partial charge in [-0.25, -0.2) is 0 Å². The van der Waals surface area contributed by atoms with Gasteiger partial charge in [0.2, 0.25) is 0 Å². The zero-order valence-electron chi connectivity index (χ0n) is 10.2. The van der Waals surface area contributed by atoms with Crippen molar-refractivity contribution in [3.63, 3.8) is 0 Å². The van der Waals surface area contributed by atoms with E-state index in [-0.39, 0.29) is 11.4 Å². The molecule has 0 aromatic carbocycles. The van der Waals surface area contributed by atoms with Crippen molar-refractivity contribution in [1.29, 1.82) is 0 Å². The van der Waals surface area contributed by atoms with Gasteiger partial charge in [0, 0.05) is 11.0 Å². The molecule has 1 unspecified atom stereocenters. The third-order valence-corrected chi connectivity index (χ3v) is 6.21. The molecule has 0 N–H and O–H groups in total. The Kier molecular flexibility index (Phi) is 2.31. The SMILES string of the molecule is O=C(OCC1CS1)C12CC3CC(CC(C3)C1)C2. The van der Waals surface area contributed by atoms with Gasteiger partial charge in [-0.2, -0.15) is 11.8 Å². The molecule has 0 amide bonds. The monoisotopic (exact) mass is 252 g/mol. The molecular weight excluding hydrogens is 232 g/mol. The maximum absolute atomic E-state index is 12.4. The Hall–Kier alpha value is -0.180. The zero-order chi connectivity index (χ0) is 11.5. The number of ether oxygens (including phenoxy) is 1. The average Bonchev–Trinajstić information content (AvgIpc) is 3.07. The maximum atomic E-state index is 12.4. The Labute approximate surface area is 107 Å². The summed E-state index contributed by atoms with van der Waals surface area (Å²) in [6, 6.07) is 0. The van der Waals surface area contributed by atoms with Crippen LogP contribution in [0.1, 0.15) is 38.5 Å². The van der Waals surface area contributed by atoms with Gasteiger partial charge in [0.1, 0.15) is 6.61 Å². The minimum absolute atomic E-state index is 0.0473. The van der Waals surface area contributed by atoms with Crippen LogP contribution in [0, 0.1) is 23.2 Å². The lowest BCUT2D eigenvalue weighted by Crippen LogP contribution is -2.50. The van der Waals surface area contributed by atoms with Crippen molar-refractivity contribution in [1.82, 2.24) is 0 Å². The van der Waals surface area contributed by atoms with Crippen molar-refractivity contribution in [2.45, 2.75) is 43.8 Å². The molecule has 4 aliphatic carbocycles. The third kappa shape index (κ3) is 1.81. The summed E-state index contributed by atoms with van der Waals surface area (Å²) in [5, 5.41) is 0.618. The van der Waals surface area contributed by atoms with Crippen LogP contribution in [-0.4, -0.2) is 23.6 Å². The van der Waals surface area contributed by atoms with Crippen LogP contribution in [0.25, 0.3) is 0 Å². The van der Waals surface area contributed by atoms with Gasteiger partial charge >= 0.3 is 5.97 Å². The molecule has 0 aromatic heterocycles. The molecule has 5 rings (SSSR count). The summed E-state index contributed by atoms with van der Waals surface area (Å²) in [6.45, 7) is 0.672. The van der Waals surface area contributed by atoms with Gasteiger partial charge in [-0.1, -0.05) is 0 Å². The molecule has 5 aliphatic rings. The van der Waals surface area contributed by atoms with Crippen LogP contribution >= 0.6 is 11.8 Å². The van der Waals surface area contributed by atoms with E-state index in [2.05, 4.69) is 0 Å². The first-order valence-electron chi connectivity index (χ1n) is 7.02. The molecular formula is C14H20O2S. The lowest BCUT2D eigenvalue weighted by Gasteiger charge is -2.55. The molecule has 17 heavy (non-hydrogen) atoms. The van der Waals surface area contributed by atoms with Crippen LogP contribution in [0.5, 0.6) is 0 Å². The predicted molar refractivity (Wildman–Crippen MR) is 67.8 cm³/mol.